The van der Waals surface area contributed by atoms with Gasteiger partial charge in [-0.15, -0.1) is 0 Å². The van der Waals surface area contributed by atoms with Gasteiger partial charge in [-0.3, -0.25) is 4.79 Å². The van der Waals surface area contributed by atoms with Crippen LogP contribution in [0.5, 0.6) is 0 Å². The van der Waals surface area contributed by atoms with Crippen molar-refractivity contribution in [2.45, 2.75) is 52.1 Å². The zero-order valence-electron chi connectivity index (χ0n) is 15.5. The summed E-state index contributed by atoms with van der Waals surface area (Å²) in [4.78, 5) is 26.1. The molecule has 1 aromatic carbocycles. The lowest BCUT2D eigenvalue weighted by molar-refractivity contribution is -0.115. The summed E-state index contributed by atoms with van der Waals surface area (Å²) in [5.74, 6) is 0.931. The molecule has 1 heterocycles. The zero-order chi connectivity index (χ0) is 18.3. The average Bonchev–Trinajstić information content (AvgIpc) is 2.58. The quantitative estimate of drug-likeness (QED) is 0.721. The van der Waals surface area contributed by atoms with Crippen LogP contribution in [0, 0.1) is 5.92 Å². The number of likely N-dealkylation sites (tertiary alicyclic amines) is 1. The predicted octanol–water partition coefficient (Wildman–Crippen LogP) is 4.53. The Labute approximate surface area is 155 Å². The standard InChI is InChI=1S/C20H29NO3S/c1-20(2,3)24-19(23)21-13-11-17(12-14-21)18(22)25-15-7-10-16-8-5-4-6-9-16/h4-6,8-9,17H,7,10-15H2,1-3H3. The average molecular weight is 364 g/mol. The van der Waals surface area contributed by atoms with Crippen LogP contribution in [-0.2, 0) is 16.0 Å². The van der Waals surface area contributed by atoms with E-state index in [-0.39, 0.29) is 17.1 Å². The summed E-state index contributed by atoms with van der Waals surface area (Å²) in [6.07, 6.45) is 3.23. The molecule has 1 aliphatic heterocycles. The molecule has 0 bridgehead atoms. The first-order valence-corrected chi connectivity index (χ1v) is 10.0. The Kier molecular flexibility index (Phi) is 7.36. The smallest absolute Gasteiger partial charge is 0.410 e. The summed E-state index contributed by atoms with van der Waals surface area (Å²) >= 11 is 1.45. The summed E-state index contributed by atoms with van der Waals surface area (Å²) < 4.78 is 5.39. The van der Waals surface area contributed by atoms with Crippen LogP contribution in [0.4, 0.5) is 4.79 Å². The molecule has 1 amide bonds. The minimum atomic E-state index is -0.474. The summed E-state index contributed by atoms with van der Waals surface area (Å²) in [5, 5.41) is 0.275. The van der Waals surface area contributed by atoms with E-state index in [2.05, 4.69) is 12.1 Å². The summed E-state index contributed by atoms with van der Waals surface area (Å²) in [6, 6.07) is 10.4. The second-order valence-corrected chi connectivity index (χ2v) is 8.60. The van der Waals surface area contributed by atoms with Crippen molar-refractivity contribution in [3.63, 3.8) is 0 Å². The van der Waals surface area contributed by atoms with Crippen LogP contribution in [0.1, 0.15) is 45.6 Å². The fourth-order valence-electron chi connectivity index (χ4n) is 2.84. The largest absolute Gasteiger partial charge is 0.444 e. The fourth-order valence-corrected chi connectivity index (χ4v) is 3.80. The molecule has 1 saturated heterocycles. The maximum atomic E-state index is 12.3. The predicted molar refractivity (Wildman–Crippen MR) is 103 cm³/mol. The molecule has 138 valence electrons. The lowest BCUT2D eigenvalue weighted by atomic mass is 9.99. The summed E-state index contributed by atoms with van der Waals surface area (Å²) in [6.45, 7) is 6.82. The lowest BCUT2D eigenvalue weighted by Crippen LogP contribution is -2.42. The minimum Gasteiger partial charge on any atom is -0.444 e. The Morgan fingerprint density at radius 2 is 1.80 bits per heavy atom. The van der Waals surface area contributed by atoms with E-state index in [9.17, 15) is 9.59 Å². The number of rotatable bonds is 5. The molecule has 0 radical (unpaired) electrons. The Hall–Kier alpha value is -1.49. The second-order valence-electron chi connectivity index (χ2n) is 7.50. The van der Waals surface area contributed by atoms with E-state index in [0.29, 0.717) is 13.1 Å². The number of amides is 1. The van der Waals surface area contributed by atoms with Crippen LogP contribution in [0.15, 0.2) is 30.3 Å². The van der Waals surface area contributed by atoms with E-state index in [1.54, 1.807) is 4.90 Å². The van der Waals surface area contributed by atoms with Crippen LogP contribution in [0.3, 0.4) is 0 Å². The molecule has 0 N–H and O–H groups in total. The Balaban J connectivity index is 1.64. The lowest BCUT2D eigenvalue weighted by Gasteiger charge is -2.32. The number of hydrogen-bond donors (Lipinski definition) is 0. The van der Waals surface area contributed by atoms with Gasteiger partial charge in [0.25, 0.3) is 0 Å². The Morgan fingerprint density at radius 1 is 1.16 bits per heavy atom. The molecule has 2 rings (SSSR count). The van der Waals surface area contributed by atoms with Gasteiger partial charge >= 0.3 is 6.09 Å². The Bertz CT molecular complexity index is 560. The van der Waals surface area contributed by atoms with Crippen LogP contribution < -0.4 is 0 Å². The molecule has 0 spiro atoms. The normalized spacial score (nSPS) is 15.9. The van der Waals surface area contributed by atoms with Gasteiger partial charge in [0.15, 0.2) is 5.12 Å². The van der Waals surface area contributed by atoms with E-state index in [1.165, 1.54) is 17.3 Å². The SMILES string of the molecule is CC(C)(C)OC(=O)N1CCC(C(=O)SCCCc2ccccc2)CC1. The molecule has 4 nitrogen and oxygen atoms in total. The number of ether oxygens (including phenoxy) is 1. The van der Waals surface area contributed by atoms with Crippen molar-refractivity contribution in [3.8, 4) is 0 Å². The Morgan fingerprint density at radius 3 is 2.40 bits per heavy atom. The molecular weight excluding hydrogens is 334 g/mol. The van der Waals surface area contributed by atoms with Crippen molar-refractivity contribution in [3.05, 3.63) is 35.9 Å². The minimum absolute atomic E-state index is 0.0698. The van der Waals surface area contributed by atoms with Gasteiger partial charge in [0.1, 0.15) is 5.60 Å². The topological polar surface area (TPSA) is 46.6 Å². The second kappa shape index (κ2) is 9.27. The first kappa shape index (κ1) is 19.8. The van der Waals surface area contributed by atoms with E-state index >= 15 is 0 Å². The maximum absolute atomic E-state index is 12.3. The van der Waals surface area contributed by atoms with Gasteiger partial charge in [-0.2, -0.15) is 0 Å². The van der Waals surface area contributed by atoms with Gasteiger partial charge in [0, 0.05) is 24.8 Å². The molecule has 0 atom stereocenters. The first-order valence-electron chi connectivity index (χ1n) is 9.03. The number of thioether (sulfide) groups is 1. The van der Waals surface area contributed by atoms with Crippen molar-refractivity contribution < 1.29 is 14.3 Å². The number of benzene rings is 1. The molecule has 1 fully saturated rings. The van der Waals surface area contributed by atoms with Gasteiger partial charge in [0.05, 0.1) is 0 Å². The molecule has 5 heteroatoms. The number of hydrogen-bond acceptors (Lipinski definition) is 4. The molecule has 1 aromatic rings. The highest BCUT2D eigenvalue weighted by Crippen LogP contribution is 2.25. The van der Waals surface area contributed by atoms with Crippen molar-refractivity contribution in [1.29, 1.82) is 0 Å². The van der Waals surface area contributed by atoms with Crippen molar-refractivity contribution in [2.75, 3.05) is 18.8 Å². The van der Waals surface area contributed by atoms with E-state index < -0.39 is 5.60 Å². The number of nitrogens with zero attached hydrogens (tertiary/aromatic N) is 1. The highest BCUT2D eigenvalue weighted by Gasteiger charge is 2.29. The zero-order valence-corrected chi connectivity index (χ0v) is 16.3. The third-order valence-electron chi connectivity index (χ3n) is 4.18. The molecular formula is C20H29NO3S. The van der Waals surface area contributed by atoms with Gasteiger partial charge in [-0.05, 0) is 52.0 Å². The van der Waals surface area contributed by atoms with Gasteiger partial charge in [-0.1, -0.05) is 42.1 Å². The van der Waals surface area contributed by atoms with Crippen molar-refractivity contribution >= 4 is 23.0 Å². The summed E-state index contributed by atoms with van der Waals surface area (Å²) in [5.41, 5.74) is 0.847. The summed E-state index contributed by atoms with van der Waals surface area (Å²) in [7, 11) is 0. The highest BCUT2D eigenvalue weighted by molar-refractivity contribution is 8.13. The van der Waals surface area contributed by atoms with Gasteiger partial charge in [0.2, 0.25) is 0 Å². The third kappa shape index (κ3) is 7.10. The van der Waals surface area contributed by atoms with E-state index in [0.717, 1.165) is 31.4 Å². The fraction of sp³-hybridized carbons (Fsp3) is 0.600. The van der Waals surface area contributed by atoms with Crippen LogP contribution in [-0.4, -0.2) is 40.6 Å². The number of carbonyl (C=O) groups excluding carboxylic acids is 2. The first-order chi connectivity index (χ1) is 11.8. The van der Waals surface area contributed by atoms with Gasteiger partial charge < -0.3 is 9.64 Å². The number of piperidine rings is 1. The van der Waals surface area contributed by atoms with Crippen molar-refractivity contribution in [1.82, 2.24) is 4.90 Å². The number of aryl methyl sites for hydroxylation is 1. The van der Waals surface area contributed by atoms with Crippen LogP contribution in [0.2, 0.25) is 0 Å². The maximum Gasteiger partial charge on any atom is 0.410 e. The third-order valence-corrected chi connectivity index (χ3v) is 5.29. The molecule has 0 unspecified atom stereocenters. The molecule has 0 saturated carbocycles. The van der Waals surface area contributed by atoms with E-state index in [4.69, 9.17) is 4.74 Å². The van der Waals surface area contributed by atoms with Crippen LogP contribution >= 0.6 is 11.8 Å². The highest BCUT2D eigenvalue weighted by atomic mass is 32.2. The van der Waals surface area contributed by atoms with Gasteiger partial charge in [-0.25, -0.2) is 4.79 Å². The van der Waals surface area contributed by atoms with Crippen LogP contribution in [0.25, 0.3) is 0 Å². The van der Waals surface area contributed by atoms with Crippen molar-refractivity contribution in [2.24, 2.45) is 5.92 Å². The molecule has 1 aliphatic rings. The van der Waals surface area contributed by atoms with E-state index in [1.807, 2.05) is 39.0 Å². The monoisotopic (exact) mass is 363 g/mol. The molecule has 25 heavy (non-hydrogen) atoms. The number of carbonyl (C=O) groups is 2. The molecule has 0 aromatic heterocycles. The molecule has 0 aliphatic carbocycles.